The maximum atomic E-state index is 13.8. The number of hydrazone groups is 1. The first-order valence-electron chi connectivity index (χ1n) is 21.1. The van der Waals surface area contributed by atoms with E-state index < -0.39 is 12.3 Å². The number of imide groups is 1. The summed E-state index contributed by atoms with van der Waals surface area (Å²) in [6.07, 6.45) is 8.46. The zero-order chi connectivity index (χ0) is 42.6. The molecule has 314 valence electrons. The molecule has 0 radical (unpaired) electrons. The van der Waals surface area contributed by atoms with E-state index in [-0.39, 0.29) is 17.8 Å². The first-order chi connectivity index (χ1) is 30.1. The number of amides is 4. The van der Waals surface area contributed by atoms with Crippen LogP contribution in [0.4, 0.5) is 22.0 Å². The number of aryl methyl sites for hydroxylation is 1. The molecule has 4 aliphatic heterocycles. The maximum Gasteiger partial charge on any atom is 0.330 e. The van der Waals surface area contributed by atoms with Gasteiger partial charge in [-0.25, -0.2) is 9.78 Å². The van der Waals surface area contributed by atoms with Crippen LogP contribution in [0.25, 0.3) is 33.2 Å². The molecule has 0 bridgehead atoms. The molecule has 3 aromatic heterocycles. The maximum absolute atomic E-state index is 13.8. The predicted octanol–water partition coefficient (Wildman–Crippen LogP) is 5.54. The highest BCUT2D eigenvalue weighted by Gasteiger charge is 2.34. The summed E-state index contributed by atoms with van der Waals surface area (Å²) in [7, 11) is 3.64. The van der Waals surface area contributed by atoms with E-state index in [4.69, 9.17) is 10.1 Å². The quantitative estimate of drug-likeness (QED) is 0.178. The van der Waals surface area contributed by atoms with Gasteiger partial charge in [-0.1, -0.05) is 36.4 Å². The Morgan fingerprint density at radius 1 is 0.839 bits per heavy atom. The van der Waals surface area contributed by atoms with Crippen LogP contribution in [0.3, 0.4) is 0 Å². The molecule has 15 heteroatoms. The van der Waals surface area contributed by atoms with Crippen molar-refractivity contribution in [3.63, 3.8) is 0 Å². The van der Waals surface area contributed by atoms with Crippen LogP contribution in [0.15, 0.2) is 96.5 Å². The smallest absolute Gasteiger partial charge is 0.330 e. The van der Waals surface area contributed by atoms with Crippen LogP contribution < -0.4 is 20.0 Å². The summed E-state index contributed by atoms with van der Waals surface area (Å²) in [6, 6.07) is 24.9. The number of carbonyl (C=O) groups is 3. The molecule has 0 spiro atoms. The Kier molecular flexibility index (Phi) is 9.99. The zero-order valence-corrected chi connectivity index (χ0v) is 34.9. The fraction of sp³-hybridized carbons (Fsp3) is 0.298. The third-order valence-corrected chi connectivity index (χ3v) is 12.8. The minimum absolute atomic E-state index is 0.133. The topological polar surface area (TPSA) is 156 Å². The number of aromatic nitrogens is 4. The van der Waals surface area contributed by atoms with Crippen molar-refractivity contribution in [1.82, 2.24) is 35.0 Å². The lowest BCUT2D eigenvalue weighted by molar-refractivity contribution is -0.134. The van der Waals surface area contributed by atoms with E-state index in [9.17, 15) is 19.5 Å². The Balaban J connectivity index is 0.903. The van der Waals surface area contributed by atoms with Crippen LogP contribution in [0.2, 0.25) is 0 Å². The van der Waals surface area contributed by atoms with E-state index in [1.807, 2.05) is 42.9 Å². The number of nitrogens with zero attached hydrogens (tertiary/aromatic N) is 10. The Bertz CT molecular complexity index is 2790. The van der Waals surface area contributed by atoms with Gasteiger partial charge in [-0.2, -0.15) is 10.2 Å². The standard InChI is InChI=1S/C47H47N11O4/c1-29-36(14-18-49-44(29)57-22-21-56(47(57)62)35-5-4-17-48-26-35)37-11-9-34(58-28-50-54(3)46(58)61)25-40(37)32-7-8-33-27-55(20-16-31(33)24-32)19-15-30-6-10-38-41(23-30)53(2)52-43(38)39-12-13-42(59)51-45(39)60/h4-11,14,17-18,23-26,28,39,46,61H,12-13,15-16,19-22,27H2,1-3H3,(H,51,59,60). The summed E-state index contributed by atoms with van der Waals surface area (Å²) in [6.45, 7) is 5.72. The Morgan fingerprint density at radius 2 is 1.71 bits per heavy atom. The summed E-state index contributed by atoms with van der Waals surface area (Å²) >= 11 is 0. The van der Waals surface area contributed by atoms with Crippen LogP contribution in [0, 0.1) is 6.92 Å². The molecular weight excluding hydrogens is 783 g/mol. The summed E-state index contributed by atoms with van der Waals surface area (Å²) in [5.41, 5.74) is 12.0. The first kappa shape index (κ1) is 39.2. The number of pyridine rings is 2. The van der Waals surface area contributed by atoms with Crippen molar-refractivity contribution in [3.8, 4) is 22.3 Å². The largest absolute Gasteiger partial charge is 0.355 e. The number of hydrogen-bond donors (Lipinski definition) is 2. The van der Waals surface area contributed by atoms with E-state index in [0.717, 1.165) is 88.3 Å². The van der Waals surface area contributed by atoms with Crippen LogP contribution in [0.1, 0.15) is 46.7 Å². The van der Waals surface area contributed by atoms with Crippen molar-refractivity contribution < 1.29 is 19.5 Å². The predicted molar refractivity (Wildman–Crippen MR) is 237 cm³/mol. The summed E-state index contributed by atoms with van der Waals surface area (Å²) < 4.78 is 1.84. The number of carbonyl (C=O) groups excluding carboxylic acids is 3. The number of fused-ring (bicyclic) bond motifs is 2. The summed E-state index contributed by atoms with van der Waals surface area (Å²) in [4.78, 5) is 54.8. The number of urea groups is 1. The molecule has 2 N–H and O–H groups in total. The molecule has 0 saturated carbocycles. The van der Waals surface area contributed by atoms with E-state index in [1.54, 1.807) is 46.7 Å². The minimum atomic E-state index is -0.928. The van der Waals surface area contributed by atoms with Crippen molar-refractivity contribution in [3.05, 3.63) is 119 Å². The number of hydrogen-bond acceptors (Lipinski definition) is 11. The van der Waals surface area contributed by atoms with Crippen LogP contribution in [-0.4, -0.2) is 98.5 Å². The van der Waals surface area contributed by atoms with Gasteiger partial charge in [-0.3, -0.25) is 49.2 Å². The van der Waals surface area contributed by atoms with Gasteiger partial charge in [0.05, 0.1) is 29.0 Å². The van der Waals surface area contributed by atoms with Gasteiger partial charge < -0.3 is 5.11 Å². The normalized spacial score (nSPS) is 19.3. The number of anilines is 3. The van der Waals surface area contributed by atoms with Gasteiger partial charge in [0.25, 0.3) is 0 Å². The van der Waals surface area contributed by atoms with Crippen molar-refractivity contribution in [2.24, 2.45) is 12.1 Å². The molecule has 4 amide bonds. The molecule has 6 aromatic rings. The molecule has 4 aliphatic rings. The highest BCUT2D eigenvalue weighted by Crippen LogP contribution is 2.41. The highest BCUT2D eigenvalue weighted by atomic mass is 16.3. The van der Waals surface area contributed by atoms with Crippen LogP contribution in [0.5, 0.6) is 0 Å². The van der Waals surface area contributed by atoms with E-state index in [2.05, 4.69) is 68.8 Å². The summed E-state index contributed by atoms with van der Waals surface area (Å²) in [5.74, 6) is -0.299. The Labute approximate surface area is 358 Å². The Hall–Kier alpha value is -6.97. The average molecular weight is 830 g/mol. The second-order valence-electron chi connectivity index (χ2n) is 16.5. The fourth-order valence-corrected chi connectivity index (χ4v) is 9.33. The number of rotatable bonds is 9. The minimum Gasteiger partial charge on any atom is -0.355 e. The third kappa shape index (κ3) is 7.02. The highest BCUT2D eigenvalue weighted by molar-refractivity contribution is 6.06. The second kappa shape index (κ2) is 15.8. The van der Waals surface area contributed by atoms with Crippen LogP contribution in [-0.2, 0) is 36.0 Å². The molecule has 3 aromatic carbocycles. The third-order valence-electron chi connectivity index (χ3n) is 12.8. The van der Waals surface area contributed by atoms with E-state index in [0.29, 0.717) is 31.7 Å². The van der Waals surface area contributed by atoms with Crippen molar-refractivity contribution in [1.29, 1.82) is 0 Å². The molecule has 2 unspecified atom stereocenters. The van der Waals surface area contributed by atoms with Gasteiger partial charge in [0.2, 0.25) is 18.2 Å². The molecule has 2 fully saturated rings. The number of nitrogens with one attached hydrogen (secondary N) is 1. The zero-order valence-electron chi connectivity index (χ0n) is 34.9. The monoisotopic (exact) mass is 829 g/mol. The molecule has 7 heterocycles. The molecule has 0 aliphatic carbocycles. The molecule has 2 atom stereocenters. The van der Waals surface area contributed by atoms with Crippen molar-refractivity contribution in [2.75, 3.05) is 47.9 Å². The Morgan fingerprint density at radius 3 is 2.52 bits per heavy atom. The number of benzene rings is 3. The van der Waals surface area contributed by atoms with Gasteiger partial charge in [0, 0.05) is 76.7 Å². The van der Waals surface area contributed by atoms with Gasteiger partial charge in [0.15, 0.2) is 0 Å². The number of aliphatic hydroxyl groups is 1. The summed E-state index contributed by atoms with van der Waals surface area (Å²) in [5, 5.41) is 24.9. The lowest BCUT2D eigenvalue weighted by Crippen LogP contribution is -2.39. The molecule has 10 rings (SSSR count). The molecule has 15 nitrogen and oxygen atoms in total. The van der Waals surface area contributed by atoms with E-state index in [1.165, 1.54) is 21.7 Å². The van der Waals surface area contributed by atoms with Crippen molar-refractivity contribution >= 4 is 52.3 Å². The van der Waals surface area contributed by atoms with Crippen LogP contribution >= 0.6 is 0 Å². The van der Waals surface area contributed by atoms with E-state index >= 15 is 0 Å². The molecule has 62 heavy (non-hydrogen) atoms. The molecular formula is C47H47N11O4. The first-order valence-corrected chi connectivity index (χ1v) is 21.1. The number of aliphatic hydroxyl groups excluding tert-OH is 1. The lowest BCUT2D eigenvalue weighted by Gasteiger charge is -2.29. The SMILES string of the molecule is Cc1c(-c2ccc(N3C=NN(C)C3O)cc2-c2ccc3c(c2)CCN(CCc2ccc4c(C5CCC(=O)NC5=O)nn(C)c4c2)C3)ccnc1N1CCN(c2cccnc2)C1=O. The number of piperidine rings is 1. The van der Waals surface area contributed by atoms with Gasteiger partial charge in [-0.15, -0.1) is 0 Å². The fourth-order valence-electron chi connectivity index (χ4n) is 9.33. The van der Waals surface area contributed by atoms with Gasteiger partial charge >= 0.3 is 6.03 Å². The van der Waals surface area contributed by atoms with Crippen molar-refractivity contribution in [2.45, 2.75) is 51.4 Å². The van der Waals surface area contributed by atoms with Gasteiger partial charge in [-0.05, 0) is 107 Å². The second-order valence-corrected chi connectivity index (χ2v) is 16.5. The molecule has 2 saturated heterocycles. The average Bonchev–Trinajstić information content (AvgIpc) is 3.95. The van der Waals surface area contributed by atoms with Gasteiger partial charge in [0.1, 0.15) is 12.2 Å². The lowest BCUT2D eigenvalue weighted by atomic mass is 9.89.